The number of nitrogens with zero attached hydrogens (tertiary/aromatic N) is 1. The van der Waals surface area contributed by atoms with Crippen molar-refractivity contribution in [3.05, 3.63) is 23.0 Å². The number of aldehydes is 1. The van der Waals surface area contributed by atoms with E-state index in [2.05, 4.69) is 4.98 Å². The molecule has 1 heterocycles. The van der Waals surface area contributed by atoms with Gasteiger partial charge >= 0.3 is 5.66 Å². The molecule has 0 bridgehead atoms. The Morgan fingerprint density at radius 3 is 2.56 bits per heavy atom. The van der Waals surface area contributed by atoms with Crippen LogP contribution in [0.3, 0.4) is 0 Å². The van der Waals surface area contributed by atoms with E-state index in [1.54, 1.807) is 0 Å². The summed E-state index contributed by atoms with van der Waals surface area (Å²) < 4.78 is 26.2. The van der Waals surface area contributed by atoms with Crippen molar-refractivity contribution in [2.24, 2.45) is 0 Å². The Balaban J connectivity index is 3.21. The number of hydrogen-bond donors (Lipinski definition) is 1. The summed E-state index contributed by atoms with van der Waals surface area (Å²) in [6.07, 6.45) is -0.625. The van der Waals surface area contributed by atoms with Gasteiger partial charge in [-0.25, -0.2) is 0 Å². The lowest BCUT2D eigenvalue weighted by molar-refractivity contribution is -0.352. The van der Waals surface area contributed by atoms with Crippen molar-refractivity contribution in [1.82, 2.24) is 4.98 Å². The second-order valence-electron chi connectivity index (χ2n) is 3.59. The van der Waals surface area contributed by atoms with Gasteiger partial charge in [-0.3, -0.25) is 14.7 Å². The molecule has 0 radical (unpaired) electrons. The van der Waals surface area contributed by atoms with E-state index in [9.17, 15) is 28.5 Å². The fraction of sp³-hybridized carbons (Fsp3) is 0.333. The summed E-state index contributed by atoms with van der Waals surface area (Å²) in [6.45, 7) is 1.28. The highest BCUT2D eigenvalue weighted by Crippen LogP contribution is 2.54. The van der Waals surface area contributed by atoms with Crippen LogP contribution in [0, 0.1) is 6.92 Å². The molecule has 1 aromatic rings. The molecule has 1 rings (SSSR count). The van der Waals surface area contributed by atoms with Crippen molar-refractivity contribution in [2.75, 3.05) is 0 Å². The molecule has 6 nitrogen and oxygen atoms in total. The molecular weight excluding hydrogens is 271 g/mol. The minimum atomic E-state index is -5.92. The SMILES string of the molecule is Cc1ncc(CC(F)(F)[P+]([O-])([O-])O)c(C=O)c1[O-]. The van der Waals surface area contributed by atoms with Gasteiger partial charge in [-0.2, -0.15) is 8.78 Å². The van der Waals surface area contributed by atoms with Crippen LogP contribution in [0.4, 0.5) is 8.78 Å². The Bertz CT molecular complexity index is 475. The van der Waals surface area contributed by atoms with Crippen LogP contribution in [-0.4, -0.2) is 21.8 Å². The topological polar surface area (TPSA) is 119 Å². The quantitative estimate of drug-likeness (QED) is 0.551. The first kappa shape index (κ1) is 14.8. The first-order valence-corrected chi connectivity index (χ1v) is 6.20. The zero-order chi connectivity index (χ0) is 14.1. The molecule has 0 saturated carbocycles. The highest BCUT2D eigenvalue weighted by atomic mass is 31.2. The normalized spacial score (nSPS) is 12.6. The van der Waals surface area contributed by atoms with E-state index < -0.39 is 36.9 Å². The average Bonchev–Trinajstić information content (AvgIpc) is 2.22. The summed E-state index contributed by atoms with van der Waals surface area (Å²) in [6, 6.07) is 0. The van der Waals surface area contributed by atoms with Crippen LogP contribution in [-0.2, 0) is 6.42 Å². The lowest BCUT2D eigenvalue weighted by Gasteiger charge is -2.35. The van der Waals surface area contributed by atoms with E-state index in [-0.39, 0.29) is 12.0 Å². The third kappa shape index (κ3) is 2.78. The Morgan fingerprint density at radius 1 is 1.56 bits per heavy atom. The number of pyridine rings is 1. The molecule has 100 valence electrons. The number of carbonyl (C=O) groups excluding carboxylic acids is 1. The van der Waals surface area contributed by atoms with E-state index in [0.717, 1.165) is 6.20 Å². The van der Waals surface area contributed by atoms with E-state index >= 15 is 0 Å². The van der Waals surface area contributed by atoms with Crippen LogP contribution < -0.4 is 14.9 Å². The van der Waals surface area contributed by atoms with E-state index in [1.165, 1.54) is 6.92 Å². The largest absolute Gasteiger partial charge is 0.871 e. The summed E-state index contributed by atoms with van der Waals surface area (Å²) in [5, 5.41) is 11.4. The minimum absolute atomic E-state index is 0.0511. The molecule has 18 heavy (non-hydrogen) atoms. The third-order valence-corrected chi connectivity index (χ3v) is 3.25. The maximum absolute atomic E-state index is 13.1. The molecule has 1 aromatic heterocycles. The van der Waals surface area contributed by atoms with E-state index in [0.29, 0.717) is 0 Å². The monoisotopic (exact) mass is 279 g/mol. The van der Waals surface area contributed by atoms with Gasteiger partial charge in [0.05, 0.1) is 6.42 Å². The number of hydrogen-bond acceptors (Lipinski definition) is 6. The molecule has 0 aromatic carbocycles. The third-order valence-electron chi connectivity index (χ3n) is 2.27. The molecule has 0 unspecified atom stereocenters. The van der Waals surface area contributed by atoms with Gasteiger partial charge in [0.1, 0.15) is 14.2 Å². The zero-order valence-corrected chi connectivity index (χ0v) is 9.99. The molecule has 1 N–H and O–H groups in total. The van der Waals surface area contributed by atoms with Gasteiger partial charge in [-0.05, 0) is 12.5 Å². The van der Waals surface area contributed by atoms with Crippen molar-refractivity contribution in [1.29, 1.82) is 0 Å². The van der Waals surface area contributed by atoms with Crippen molar-refractivity contribution in [2.45, 2.75) is 19.0 Å². The van der Waals surface area contributed by atoms with Crippen molar-refractivity contribution in [3.8, 4) is 5.75 Å². The van der Waals surface area contributed by atoms with E-state index in [4.69, 9.17) is 4.89 Å². The van der Waals surface area contributed by atoms with Crippen LogP contribution in [0.2, 0.25) is 0 Å². The fourth-order valence-corrected chi connectivity index (χ4v) is 1.61. The minimum Gasteiger partial charge on any atom is -0.871 e. The molecule has 0 aliphatic rings. The van der Waals surface area contributed by atoms with Crippen LogP contribution in [0.25, 0.3) is 0 Å². The molecule has 0 saturated heterocycles. The van der Waals surface area contributed by atoms with Crippen LogP contribution in [0.15, 0.2) is 6.20 Å². The van der Waals surface area contributed by atoms with Gasteiger partial charge in [0, 0.05) is 17.5 Å². The molecule has 0 amide bonds. The summed E-state index contributed by atoms with van der Waals surface area (Å²) in [5.74, 6) is -0.850. The molecule has 0 aliphatic carbocycles. The first-order chi connectivity index (χ1) is 8.10. The van der Waals surface area contributed by atoms with Crippen LogP contribution >= 0.6 is 7.94 Å². The number of carbonyl (C=O) groups is 1. The van der Waals surface area contributed by atoms with Gasteiger partial charge in [0.2, 0.25) is 0 Å². The van der Waals surface area contributed by atoms with Gasteiger partial charge in [-0.1, -0.05) is 5.75 Å². The predicted octanol–water partition coefficient (Wildman–Crippen LogP) is -1.11. The number of halogens is 2. The summed E-state index contributed by atoms with van der Waals surface area (Å²) in [7, 11) is -5.92. The standard InChI is InChI=1S/C9H10F2NO5P/c1-5-8(14)7(4-13)6(3-12-5)2-9(10,11)18(15,16)17/h3-4,14H,2H2,1H3,(H2,15,16,17)/p-2. The Kier molecular flexibility index (Phi) is 3.97. The number of alkyl halides is 2. The molecule has 0 aliphatic heterocycles. The molecule has 0 fully saturated rings. The van der Waals surface area contributed by atoms with Crippen molar-refractivity contribution >= 4 is 14.2 Å². The number of aryl methyl sites for hydroxylation is 1. The molecule has 0 atom stereocenters. The maximum atomic E-state index is 13.1. The van der Waals surface area contributed by atoms with Gasteiger partial charge in [0.15, 0.2) is 0 Å². The molecule has 9 heteroatoms. The highest BCUT2D eigenvalue weighted by molar-refractivity contribution is 7.57. The Morgan fingerprint density at radius 2 is 2.11 bits per heavy atom. The van der Waals surface area contributed by atoms with E-state index in [1.807, 2.05) is 0 Å². The fourth-order valence-electron chi connectivity index (χ4n) is 1.24. The van der Waals surface area contributed by atoms with Crippen molar-refractivity contribution < 1.29 is 33.4 Å². The van der Waals surface area contributed by atoms with Gasteiger partial charge in [-0.15, -0.1) is 0 Å². The van der Waals surface area contributed by atoms with Crippen molar-refractivity contribution in [3.63, 3.8) is 0 Å². The zero-order valence-electron chi connectivity index (χ0n) is 9.09. The maximum Gasteiger partial charge on any atom is 0.373 e. The number of rotatable bonds is 4. The second-order valence-corrected chi connectivity index (χ2v) is 5.29. The first-order valence-electron chi connectivity index (χ1n) is 4.62. The highest BCUT2D eigenvalue weighted by Gasteiger charge is 2.46. The summed E-state index contributed by atoms with van der Waals surface area (Å²) >= 11 is 0. The predicted molar refractivity (Wildman–Crippen MR) is 51.6 cm³/mol. The smallest absolute Gasteiger partial charge is 0.373 e. The average molecular weight is 279 g/mol. The van der Waals surface area contributed by atoms with Gasteiger partial charge < -0.3 is 14.9 Å². The lowest BCUT2D eigenvalue weighted by Crippen LogP contribution is -2.39. The summed E-state index contributed by atoms with van der Waals surface area (Å²) in [4.78, 5) is 43.4. The summed E-state index contributed by atoms with van der Waals surface area (Å²) in [5.41, 5.74) is -5.65. The Labute approximate surface area is 101 Å². The van der Waals surface area contributed by atoms with Crippen LogP contribution in [0.1, 0.15) is 21.6 Å². The lowest BCUT2D eigenvalue weighted by atomic mass is 10.1. The van der Waals surface area contributed by atoms with Crippen LogP contribution in [0.5, 0.6) is 5.75 Å². The van der Waals surface area contributed by atoms with Gasteiger partial charge in [0.25, 0.3) is 0 Å². The molecular formula is C9H8F2NO5P-2. The Hall–Kier alpha value is -1.21. The molecule has 0 spiro atoms. The second kappa shape index (κ2) is 4.81. The number of aromatic nitrogens is 1.